The highest BCUT2D eigenvalue weighted by atomic mass is 16.6. The maximum atomic E-state index is 12.5. The van der Waals surface area contributed by atoms with Gasteiger partial charge in [0.2, 0.25) is 0 Å². The molecule has 11 heteroatoms. The number of carbonyl (C=O) groups is 1. The average Bonchev–Trinajstić information content (AvgIpc) is 3.05. The van der Waals surface area contributed by atoms with Gasteiger partial charge in [0.25, 0.3) is 0 Å². The van der Waals surface area contributed by atoms with Gasteiger partial charge in [-0.15, -0.1) is 0 Å². The van der Waals surface area contributed by atoms with Crippen LogP contribution in [0.15, 0.2) is 72.9 Å². The van der Waals surface area contributed by atoms with Gasteiger partial charge in [-0.3, -0.25) is 4.79 Å². The molecule has 0 aromatic heterocycles. The van der Waals surface area contributed by atoms with Crippen LogP contribution in [0.25, 0.3) is 0 Å². The summed E-state index contributed by atoms with van der Waals surface area (Å²) in [5.74, 6) is -3.39. The predicted octanol–water partition coefficient (Wildman–Crippen LogP) is 4.08. The van der Waals surface area contributed by atoms with Crippen LogP contribution in [0, 0.1) is 17.8 Å². The lowest BCUT2D eigenvalue weighted by molar-refractivity contribution is -0.300. The number of hydrogen-bond acceptors (Lipinski definition) is 11. The van der Waals surface area contributed by atoms with E-state index in [2.05, 4.69) is 0 Å². The molecule has 11 nitrogen and oxygen atoms in total. The number of cyclic esters (lactones) is 1. The van der Waals surface area contributed by atoms with Crippen LogP contribution in [0.3, 0.4) is 0 Å². The van der Waals surface area contributed by atoms with Crippen LogP contribution in [0.1, 0.15) is 98.3 Å². The molecule has 0 saturated carbocycles. The molecule has 13 atom stereocenters. The first-order valence-corrected chi connectivity index (χ1v) is 19.0. The van der Waals surface area contributed by atoms with Crippen molar-refractivity contribution in [1.82, 2.24) is 0 Å². The summed E-state index contributed by atoms with van der Waals surface area (Å²) in [5.41, 5.74) is 0. The highest BCUT2D eigenvalue weighted by Gasteiger charge is 2.45. The molecular formula is C41H66O11. The number of esters is 1. The minimum Gasteiger partial charge on any atom is -0.462 e. The molecule has 0 aromatic rings. The fraction of sp³-hybridized carbons (Fsp3) is 0.683. The van der Waals surface area contributed by atoms with E-state index in [1.54, 1.807) is 39.0 Å². The minimum atomic E-state index is -1.85. The molecule has 0 unspecified atom stereocenters. The highest BCUT2D eigenvalue weighted by molar-refractivity contribution is 5.70. The van der Waals surface area contributed by atoms with E-state index in [0.29, 0.717) is 6.42 Å². The van der Waals surface area contributed by atoms with E-state index in [1.807, 2.05) is 61.6 Å². The van der Waals surface area contributed by atoms with Crippen molar-refractivity contribution >= 4 is 5.97 Å². The van der Waals surface area contributed by atoms with Crippen molar-refractivity contribution in [2.45, 2.75) is 159 Å². The van der Waals surface area contributed by atoms with Crippen LogP contribution in [0.4, 0.5) is 0 Å². The average molecular weight is 735 g/mol. The van der Waals surface area contributed by atoms with E-state index in [1.165, 1.54) is 0 Å². The van der Waals surface area contributed by atoms with Crippen molar-refractivity contribution < 1.29 is 55.1 Å². The second kappa shape index (κ2) is 24.1. The van der Waals surface area contributed by atoms with E-state index < -0.39 is 66.7 Å². The zero-order valence-corrected chi connectivity index (χ0v) is 31.4. The van der Waals surface area contributed by atoms with Crippen molar-refractivity contribution in [2.24, 2.45) is 17.8 Å². The van der Waals surface area contributed by atoms with Gasteiger partial charge in [0.1, 0.15) is 6.10 Å². The standard InChI is InChI=1S/C41H66O11/c1-28-18-15-13-11-9-7-5-6-8-10-12-14-16-19-34(44)24-38-30(3)37(47)27-41(50,52-38)26-36(46)23-33(43)21-17-20-32(42)22-35(45)25-39(48)51-31(4)29(2)40(28)49/h5-6,8,10-16,18-19,28-38,40,42-47,49-50H,7,9,17,20-27H2,1-4H3/t28-,29-,30+,31-,32+,33-,34-,35+,36-,37-,38-,40+,41+/m0/s1. The first-order valence-electron chi connectivity index (χ1n) is 19.0. The lowest BCUT2D eigenvalue weighted by Gasteiger charge is -2.44. The third-order valence-electron chi connectivity index (χ3n) is 10.0. The summed E-state index contributed by atoms with van der Waals surface area (Å²) in [6.07, 6.45) is 16.4. The van der Waals surface area contributed by atoms with E-state index in [-0.39, 0.29) is 69.1 Å². The molecular weight excluding hydrogens is 668 g/mol. The van der Waals surface area contributed by atoms with Crippen LogP contribution in [0.5, 0.6) is 0 Å². The first kappa shape index (κ1) is 45.7. The van der Waals surface area contributed by atoms with Crippen LogP contribution in [-0.4, -0.2) is 108 Å². The normalized spacial score (nSPS) is 39.6. The van der Waals surface area contributed by atoms with Gasteiger partial charge in [-0.05, 0) is 51.9 Å². The zero-order valence-electron chi connectivity index (χ0n) is 31.4. The summed E-state index contributed by atoms with van der Waals surface area (Å²) >= 11 is 0. The number of carbonyl (C=O) groups excluding carboxylic acids is 1. The number of rotatable bonds is 0. The molecule has 0 aromatic carbocycles. The van der Waals surface area contributed by atoms with Gasteiger partial charge in [0.05, 0.1) is 55.3 Å². The van der Waals surface area contributed by atoms with Crippen LogP contribution >= 0.6 is 0 Å². The van der Waals surface area contributed by atoms with Crippen molar-refractivity contribution in [3.63, 3.8) is 0 Å². The fourth-order valence-electron chi connectivity index (χ4n) is 6.55. The van der Waals surface area contributed by atoms with E-state index in [0.717, 1.165) is 12.8 Å². The number of allylic oxidation sites excluding steroid dienone is 10. The second-order valence-corrected chi connectivity index (χ2v) is 14.8. The van der Waals surface area contributed by atoms with Crippen LogP contribution < -0.4 is 0 Å². The number of fused-ring (bicyclic) bond motifs is 2. The summed E-state index contributed by atoms with van der Waals surface area (Å²) < 4.78 is 11.4. The lowest BCUT2D eigenvalue weighted by Crippen LogP contribution is -2.53. The monoisotopic (exact) mass is 734 g/mol. The molecule has 2 aliphatic rings. The summed E-state index contributed by atoms with van der Waals surface area (Å²) in [6.45, 7) is 7.18. The number of hydrogen-bond donors (Lipinski definition) is 8. The molecule has 2 aliphatic heterocycles. The summed E-state index contributed by atoms with van der Waals surface area (Å²) in [7, 11) is 0. The van der Waals surface area contributed by atoms with Gasteiger partial charge in [0, 0.05) is 37.0 Å². The molecule has 8 N–H and O–H groups in total. The van der Waals surface area contributed by atoms with Crippen LogP contribution in [-0.2, 0) is 14.3 Å². The number of aliphatic hydroxyl groups excluding tert-OH is 7. The molecule has 0 radical (unpaired) electrons. The van der Waals surface area contributed by atoms with Crippen molar-refractivity contribution in [1.29, 1.82) is 0 Å². The topological polar surface area (TPSA) is 197 Å². The Morgan fingerprint density at radius 2 is 1.21 bits per heavy atom. The van der Waals surface area contributed by atoms with Gasteiger partial charge in [-0.1, -0.05) is 93.7 Å². The maximum Gasteiger partial charge on any atom is 0.308 e. The molecule has 2 bridgehead atoms. The predicted molar refractivity (Wildman–Crippen MR) is 201 cm³/mol. The van der Waals surface area contributed by atoms with E-state index in [9.17, 15) is 45.6 Å². The Hall–Kier alpha value is -2.45. The quantitative estimate of drug-likeness (QED) is 0.167. The minimum absolute atomic E-state index is 0.0590. The van der Waals surface area contributed by atoms with Crippen molar-refractivity contribution in [3.8, 4) is 0 Å². The SMILES string of the molecule is C[C@@H]1[C@H](O)[C@@H](C)C=CC=CCCC=CC=CC=CC=C[C@H](O)C[C@@H]2O[C@](O)(C[C@@H](O)C[C@@H](O)CCC[C@@H](O)C[C@@H](O)CC(=O)O[C@H]1C)C[C@H](O)[C@H]2C. The summed E-state index contributed by atoms with van der Waals surface area (Å²) in [6, 6.07) is 0. The largest absolute Gasteiger partial charge is 0.462 e. The molecule has 52 heavy (non-hydrogen) atoms. The number of aliphatic hydroxyl groups is 8. The van der Waals surface area contributed by atoms with Crippen molar-refractivity contribution in [3.05, 3.63) is 72.9 Å². The Morgan fingerprint density at radius 3 is 1.87 bits per heavy atom. The zero-order chi connectivity index (χ0) is 38.7. The fourth-order valence-corrected chi connectivity index (χ4v) is 6.55. The smallest absolute Gasteiger partial charge is 0.308 e. The van der Waals surface area contributed by atoms with Gasteiger partial charge in [0.15, 0.2) is 5.79 Å². The molecule has 0 aliphatic carbocycles. The third-order valence-corrected chi connectivity index (χ3v) is 10.0. The Kier molecular flexibility index (Phi) is 21.1. The van der Waals surface area contributed by atoms with Crippen molar-refractivity contribution in [2.75, 3.05) is 0 Å². The molecule has 0 amide bonds. The maximum absolute atomic E-state index is 12.5. The van der Waals surface area contributed by atoms with E-state index >= 15 is 0 Å². The van der Waals surface area contributed by atoms with E-state index in [4.69, 9.17) is 9.47 Å². The molecule has 1 saturated heterocycles. The molecule has 1 fully saturated rings. The lowest BCUT2D eigenvalue weighted by atomic mass is 9.84. The number of ether oxygens (including phenoxy) is 2. The van der Waals surface area contributed by atoms with Gasteiger partial charge in [-0.25, -0.2) is 0 Å². The summed E-state index contributed by atoms with van der Waals surface area (Å²) in [5, 5.41) is 85.3. The molecule has 2 rings (SSSR count). The molecule has 2 heterocycles. The second-order valence-electron chi connectivity index (χ2n) is 14.8. The Morgan fingerprint density at radius 1 is 0.654 bits per heavy atom. The third kappa shape index (κ3) is 18.1. The van der Waals surface area contributed by atoms with Gasteiger partial charge < -0.3 is 50.3 Å². The Balaban J connectivity index is 2.06. The molecule has 296 valence electrons. The Bertz CT molecular complexity index is 1200. The molecule has 0 spiro atoms. The summed E-state index contributed by atoms with van der Waals surface area (Å²) in [4.78, 5) is 12.5. The van der Waals surface area contributed by atoms with Gasteiger partial charge >= 0.3 is 5.97 Å². The first-order chi connectivity index (χ1) is 24.6. The van der Waals surface area contributed by atoms with Gasteiger partial charge in [-0.2, -0.15) is 0 Å². The Labute approximate surface area is 310 Å². The van der Waals surface area contributed by atoms with Crippen LogP contribution in [0.2, 0.25) is 0 Å². The highest BCUT2D eigenvalue weighted by Crippen LogP contribution is 2.36.